The lowest BCUT2D eigenvalue weighted by atomic mass is 9.98. The van der Waals surface area contributed by atoms with Gasteiger partial charge in [-0.3, -0.25) is 4.79 Å². The van der Waals surface area contributed by atoms with Crippen molar-refractivity contribution < 1.29 is 22.7 Å². The van der Waals surface area contributed by atoms with Crippen LogP contribution in [0.5, 0.6) is 11.5 Å². The van der Waals surface area contributed by atoms with Crippen molar-refractivity contribution in [1.82, 2.24) is 4.31 Å². The number of ether oxygens (including phenoxy) is 2. The molecule has 1 aliphatic heterocycles. The van der Waals surface area contributed by atoms with Gasteiger partial charge in [0.15, 0.2) is 11.5 Å². The largest absolute Gasteiger partial charge is 0.493 e. The van der Waals surface area contributed by atoms with Gasteiger partial charge in [-0.1, -0.05) is 23.7 Å². The Bertz CT molecular complexity index is 1010. The Labute approximate surface area is 182 Å². The molecule has 1 amide bonds. The number of carbonyl (C=O) groups is 1. The summed E-state index contributed by atoms with van der Waals surface area (Å²) in [4.78, 5) is 12.8. The zero-order valence-corrected chi connectivity index (χ0v) is 18.5. The van der Waals surface area contributed by atoms with Crippen LogP contribution in [0.3, 0.4) is 0 Å². The van der Waals surface area contributed by atoms with Crippen LogP contribution in [0.15, 0.2) is 42.5 Å². The predicted molar refractivity (Wildman–Crippen MR) is 117 cm³/mol. The van der Waals surface area contributed by atoms with Gasteiger partial charge in [-0.15, -0.1) is 0 Å². The third kappa shape index (κ3) is 5.44. The van der Waals surface area contributed by atoms with E-state index >= 15 is 0 Å². The molecule has 0 spiro atoms. The Kier molecular flexibility index (Phi) is 7.23. The second-order valence-corrected chi connectivity index (χ2v) is 9.55. The van der Waals surface area contributed by atoms with Crippen molar-refractivity contribution in [2.75, 3.05) is 32.6 Å². The molecule has 9 heteroatoms. The number of methoxy groups -OCH3 is 2. The molecular formula is C21H25ClN2O5S. The van der Waals surface area contributed by atoms with Crippen LogP contribution in [0.25, 0.3) is 0 Å². The van der Waals surface area contributed by atoms with Crippen LogP contribution < -0.4 is 14.8 Å². The van der Waals surface area contributed by atoms with E-state index in [0.717, 1.165) is 0 Å². The van der Waals surface area contributed by atoms with E-state index in [1.807, 2.05) is 0 Å². The van der Waals surface area contributed by atoms with Crippen molar-refractivity contribution in [2.24, 2.45) is 5.92 Å². The maximum absolute atomic E-state index is 12.9. The fourth-order valence-corrected chi connectivity index (χ4v) is 5.31. The van der Waals surface area contributed by atoms with Crippen molar-refractivity contribution in [3.8, 4) is 11.5 Å². The third-order valence-electron chi connectivity index (χ3n) is 5.04. The topological polar surface area (TPSA) is 84.9 Å². The minimum atomic E-state index is -3.55. The first-order chi connectivity index (χ1) is 14.3. The molecule has 30 heavy (non-hydrogen) atoms. The van der Waals surface area contributed by atoms with Gasteiger partial charge in [0, 0.05) is 29.9 Å². The number of halogens is 1. The highest BCUT2D eigenvalue weighted by atomic mass is 35.5. The fourth-order valence-electron chi connectivity index (χ4n) is 3.50. The summed E-state index contributed by atoms with van der Waals surface area (Å²) in [7, 11) is -0.495. The summed E-state index contributed by atoms with van der Waals surface area (Å²) in [6.45, 7) is 0.561. The lowest BCUT2D eigenvalue weighted by Crippen LogP contribution is -2.44. The summed E-state index contributed by atoms with van der Waals surface area (Å²) in [6.07, 6.45) is 1.25. The van der Waals surface area contributed by atoms with Gasteiger partial charge in [0.1, 0.15) is 0 Å². The molecule has 2 aromatic carbocycles. The number of hydrogen-bond acceptors (Lipinski definition) is 5. The summed E-state index contributed by atoms with van der Waals surface area (Å²) in [5, 5.41) is 3.35. The molecule has 0 aromatic heterocycles. The molecule has 1 aliphatic rings. The first-order valence-electron chi connectivity index (χ1n) is 9.57. The molecule has 1 saturated heterocycles. The van der Waals surface area contributed by atoms with Crippen molar-refractivity contribution in [3.63, 3.8) is 0 Å². The smallest absolute Gasteiger partial charge is 0.228 e. The number of carbonyl (C=O) groups excluding carboxylic acids is 1. The van der Waals surface area contributed by atoms with Crippen LogP contribution >= 0.6 is 11.6 Å². The molecule has 0 saturated carbocycles. The Balaban J connectivity index is 1.67. The number of sulfonamides is 1. The summed E-state index contributed by atoms with van der Waals surface area (Å²) in [5.41, 5.74) is 1.19. The van der Waals surface area contributed by atoms with Gasteiger partial charge < -0.3 is 14.8 Å². The van der Waals surface area contributed by atoms with Crippen LogP contribution in [0.4, 0.5) is 5.69 Å². The molecule has 2 aromatic rings. The second-order valence-electron chi connectivity index (χ2n) is 7.14. The molecule has 1 heterocycles. The second kappa shape index (κ2) is 9.68. The molecule has 1 atom stereocenters. The first kappa shape index (κ1) is 22.4. The number of benzene rings is 2. The van der Waals surface area contributed by atoms with Crippen molar-refractivity contribution in [1.29, 1.82) is 0 Å². The Morgan fingerprint density at radius 3 is 2.63 bits per heavy atom. The molecule has 1 fully saturated rings. The summed E-state index contributed by atoms with van der Waals surface area (Å²) in [6, 6.07) is 11.9. The number of hydrogen-bond donors (Lipinski definition) is 1. The number of anilines is 1. The minimum absolute atomic E-state index is 0.141. The molecule has 3 rings (SSSR count). The average molecular weight is 453 g/mol. The molecule has 1 N–H and O–H groups in total. The molecule has 162 valence electrons. The van der Waals surface area contributed by atoms with E-state index < -0.39 is 15.9 Å². The lowest BCUT2D eigenvalue weighted by molar-refractivity contribution is -0.120. The molecule has 0 aliphatic carbocycles. The normalized spacial score (nSPS) is 17.4. The van der Waals surface area contributed by atoms with Gasteiger partial charge in [-0.05, 0) is 42.7 Å². The predicted octanol–water partition coefficient (Wildman–Crippen LogP) is 3.54. The number of nitrogens with one attached hydrogen (secondary N) is 1. The van der Waals surface area contributed by atoms with E-state index in [2.05, 4.69) is 5.32 Å². The molecule has 0 bridgehead atoms. The van der Waals surface area contributed by atoms with Gasteiger partial charge >= 0.3 is 0 Å². The maximum Gasteiger partial charge on any atom is 0.228 e. The van der Waals surface area contributed by atoms with Gasteiger partial charge in [0.2, 0.25) is 15.9 Å². The average Bonchev–Trinajstić information content (AvgIpc) is 2.73. The standard InChI is InChI=1S/C21H25ClN2O5S/c1-28-19-9-8-18(12-20(19)29-2)23-21(25)16-6-4-10-24(13-16)30(26,27)14-15-5-3-7-17(22)11-15/h3,5,7-9,11-12,16H,4,6,10,13-14H2,1-2H3,(H,23,25)/t16-/m0/s1. The minimum Gasteiger partial charge on any atom is -0.493 e. The van der Waals surface area contributed by atoms with Crippen LogP contribution in [0.1, 0.15) is 18.4 Å². The van der Waals surface area contributed by atoms with Crippen LogP contribution in [-0.4, -0.2) is 45.9 Å². The first-order valence-corrected chi connectivity index (χ1v) is 11.6. The number of piperidine rings is 1. The lowest BCUT2D eigenvalue weighted by Gasteiger charge is -2.31. The molecule has 0 unspecified atom stereocenters. The van der Waals surface area contributed by atoms with Crippen LogP contribution in [0.2, 0.25) is 5.02 Å². The highest BCUT2D eigenvalue weighted by Gasteiger charge is 2.32. The van der Waals surface area contributed by atoms with Gasteiger partial charge in [-0.25, -0.2) is 12.7 Å². The Morgan fingerprint density at radius 2 is 1.93 bits per heavy atom. The van der Waals surface area contributed by atoms with Crippen molar-refractivity contribution >= 4 is 33.2 Å². The maximum atomic E-state index is 12.9. The Hall–Kier alpha value is -2.29. The zero-order valence-electron chi connectivity index (χ0n) is 16.9. The summed E-state index contributed by atoms with van der Waals surface area (Å²) >= 11 is 5.96. The molecule has 7 nitrogen and oxygen atoms in total. The molecular weight excluding hydrogens is 428 g/mol. The van der Waals surface area contributed by atoms with E-state index in [1.54, 1.807) is 42.5 Å². The van der Waals surface area contributed by atoms with Gasteiger partial charge in [0.25, 0.3) is 0 Å². The van der Waals surface area contributed by atoms with Gasteiger partial charge in [0.05, 0.1) is 25.9 Å². The highest BCUT2D eigenvalue weighted by Crippen LogP contribution is 2.30. The Morgan fingerprint density at radius 1 is 1.17 bits per heavy atom. The quantitative estimate of drug-likeness (QED) is 0.694. The third-order valence-corrected chi connectivity index (χ3v) is 7.09. The highest BCUT2D eigenvalue weighted by molar-refractivity contribution is 7.88. The van der Waals surface area contributed by atoms with E-state index in [-0.39, 0.29) is 18.2 Å². The number of amides is 1. The summed E-state index contributed by atoms with van der Waals surface area (Å²) < 4.78 is 37.6. The van der Waals surface area contributed by atoms with E-state index in [4.69, 9.17) is 21.1 Å². The van der Waals surface area contributed by atoms with E-state index in [0.29, 0.717) is 47.2 Å². The number of rotatable bonds is 7. The van der Waals surface area contributed by atoms with Crippen LogP contribution in [-0.2, 0) is 20.6 Å². The SMILES string of the molecule is COc1ccc(NC(=O)[C@H]2CCCN(S(=O)(=O)Cc3cccc(Cl)c3)C2)cc1OC. The van der Waals surface area contributed by atoms with Crippen molar-refractivity contribution in [3.05, 3.63) is 53.1 Å². The number of nitrogens with zero attached hydrogens (tertiary/aromatic N) is 1. The van der Waals surface area contributed by atoms with Crippen molar-refractivity contribution in [2.45, 2.75) is 18.6 Å². The monoisotopic (exact) mass is 452 g/mol. The van der Waals surface area contributed by atoms with Gasteiger partial charge in [-0.2, -0.15) is 0 Å². The zero-order chi connectivity index (χ0) is 21.7. The molecule has 0 radical (unpaired) electrons. The summed E-state index contributed by atoms with van der Waals surface area (Å²) in [5.74, 6) is 0.277. The fraction of sp³-hybridized carbons (Fsp3) is 0.381. The van der Waals surface area contributed by atoms with E-state index in [1.165, 1.54) is 18.5 Å². The van der Waals surface area contributed by atoms with Crippen LogP contribution in [0, 0.1) is 5.92 Å². The van der Waals surface area contributed by atoms with E-state index in [9.17, 15) is 13.2 Å².